The number of thiophene rings is 1. The van der Waals surface area contributed by atoms with Crippen molar-refractivity contribution in [2.75, 3.05) is 0 Å². The molecule has 2 aromatic carbocycles. The number of halogens is 2. The Hall–Kier alpha value is -3.41. The number of hydrogen-bond donors (Lipinski definition) is 0. The molecule has 7 nitrogen and oxygen atoms in total. The van der Waals surface area contributed by atoms with Gasteiger partial charge in [-0.2, -0.15) is 5.10 Å². The third-order valence-electron chi connectivity index (χ3n) is 6.64. The Labute approximate surface area is 232 Å². The highest BCUT2D eigenvalue weighted by Gasteiger charge is 2.24. The molecule has 1 aliphatic rings. The zero-order valence-corrected chi connectivity index (χ0v) is 23.0. The van der Waals surface area contributed by atoms with Gasteiger partial charge in [-0.25, -0.2) is 24.0 Å². The second-order valence-electron chi connectivity index (χ2n) is 8.93. The van der Waals surface area contributed by atoms with Gasteiger partial charge in [0.15, 0.2) is 10.8 Å². The van der Waals surface area contributed by atoms with Gasteiger partial charge in [0.25, 0.3) is 5.56 Å². The normalized spacial score (nSPS) is 13.3. The van der Waals surface area contributed by atoms with Crippen molar-refractivity contribution in [2.45, 2.75) is 35.9 Å². The van der Waals surface area contributed by atoms with E-state index in [1.807, 2.05) is 24.3 Å². The van der Waals surface area contributed by atoms with E-state index in [4.69, 9.17) is 4.98 Å². The summed E-state index contributed by atoms with van der Waals surface area (Å²) in [5.74, 6) is -0.400. The van der Waals surface area contributed by atoms with Crippen LogP contribution in [0.5, 0.6) is 0 Å². The average Bonchev–Trinajstić information content (AvgIpc) is 3.52. The van der Waals surface area contributed by atoms with Gasteiger partial charge in [0.1, 0.15) is 27.7 Å². The van der Waals surface area contributed by atoms with E-state index >= 15 is 0 Å². The number of para-hydroxylation sites is 1. The monoisotopic (exact) mass is 604 g/mol. The van der Waals surface area contributed by atoms with Crippen LogP contribution >= 0.6 is 39.0 Å². The number of nitrogens with zero attached hydrogens (tertiary/aromatic N) is 6. The zero-order valence-electron chi connectivity index (χ0n) is 19.8. The van der Waals surface area contributed by atoms with Gasteiger partial charge in [-0.15, -0.1) is 11.3 Å². The van der Waals surface area contributed by atoms with Crippen LogP contribution in [0.4, 0.5) is 4.39 Å². The summed E-state index contributed by atoms with van der Waals surface area (Å²) in [6, 6.07) is 14.0. The van der Waals surface area contributed by atoms with Crippen molar-refractivity contribution in [3.05, 3.63) is 92.1 Å². The number of rotatable bonds is 4. The summed E-state index contributed by atoms with van der Waals surface area (Å²) in [5, 5.41) is 6.84. The van der Waals surface area contributed by atoms with E-state index < -0.39 is 5.82 Å². The lowest BCUT2D eigenvalue weighted by Gasteiger charge is -2.13. The Bertz CT molecular complexity index is 1910. The standard InChI is InChI=1S/C27H18BrFN6OS2/c28-15-9-11-16(12-10-15)34-26(36)22-17-5-1-4-8-21(17)37-25(22)33-27(34)38-24-18-13-32-35(23(18)30-14-31-24)20-7-3-2-6-19(20)29/h2-3,6-7,9-14H,1,4-5,8H2. The molecule has 0 amide bonds. The molecule has 0 saturated carbocycles. The third kappa shape index (κ3) is 3.88. The van der Waals surface area contributed by atoms with Gasteiger partial charge in [0.05, 0.1) is 22.7 Å². The van der Waals surface area contributed by atoms with Crippen molar-refractivity contribution in [2.24, 2.45) is 0 Å². The molecule has 1 aliphatic carbocycles. The van der Waals surface area contributed by atoms with Gasteiger partial charge < -0.3 is 0 Å². The van der Waals surface area contributed by atoms with Crippen LogP contribution in [0.1, 0.15) is 23.3 Å². The molecule has 188 valence electrons. The second-order valence-corrected chi connectivity index (χ2v) is 11.9. The molecule has 0 saturated heterocycles. The maximum atomic E-state index is 14.5. The summed E-state index contributed by atoms with van der Waals surface area (Å²) < 4.78 is 18.6. The first kappa shape index (κ1) is 23.7. The van der Waals surface area contributed by atoms with Gasteiger partial charge in [-0.05, 0) is 79.4 Å². The molecule has 0 spiro atoms. The van der Waals surface area contributed by atoms with E-state index in [9.17, 15) is 9.18 Å². The smallest absolute Gasteiger partial charge is 0.267 e. The van der Waals surface area contributed by atoms with Gasteiger partial charge >= 0.3 is 0 Å². The van der Waals surface area contributed by atoms with Crippen molar-refractivity contribution >= 4 is 60.3 Å². The molecule has 38 heavy (non-hydrogen) atoms. The van der Waals surface area contributed by atoms with Crippen LogP contribution in [0, 0.1) is 5.82 Å². The highest BCUT2D eigenvalue weighted by Crippen LogP contribution is 2.37. The van der Waals surface area contributed by atoms with E-state index in [1.165, 1.54) is 33.7 Å². The second kappa shape index (κ2) is 9.40. The quantitative estimate of drug-likeness (QED) is 0.169. The number of fused-ring (bicyclic) bond motifs is 4. The lowest BCUT2D eigenvalue weighted by molar-refractivity contribution is 0.612. The molecule has 11 heteroatoms. The van der Waals surface area contributed by atoms with Gasteiger partial charge in [0.2, 0.25) is 0 Å². The summed E-state index contributed by atoms with van der Waals surface area (Å²) >= 11 is 6.38. The Kier molecular flexibility index (Phi) is 5.86. The number of hydrogen-bond acceptors (Lipinski definition) is 7. The lowest BCUT2D eigenvalue weighted by atomic mass is 9.97. The molecule has 4 aromatic heterocycles. The molecule has 0 unspecified atom stereocenters. The minimum absolute atomic E-state index is 0.0772. The van der Waals surface area contributed by atoms with E-state index in [-0.39, 0.29) is 5.56 Å². The van der Waals surface area contributed by atoms with Gasteiger partial charge in [-0.1, -0.05) is 28.1 Å². The molecular formula is C27H18BrFN6OS2. The molecule has 0 fully saturated rings. The minimum Gasteiger partial charge on any atom is -0.268 e. The molecule has 0 radical (unpaired) electrons. The highest BCUT2D eigenvalue weighted by molar-refractivity contribution is 9.10. The fourth-order valence-electron chi connectivity index (χ4n) is 4.86. The van der Waals surface area contributed by atoms with Crippen molar-refractivity contribution in [3.63, 3.8) is 0 Å². The van der Waals surface area contributed by atoms with Crippen LogP contribution in [0.15, 0.2) is 80.5 Å². The Morgan fingerprint density at radius 2 is 1.84 bits per heavy atom. The first-order chi connectivity index (χ1) is 18.6. The SMILES string of the molecule is O=c1c2c3c(sc2nc(Sc2ncnc4c2cnn4-c2ccccc2F)n1-c1ccc(Br)cc1)CCCC3. The summed E-state index contributed by atoms with van der Waals surface area (Å²) in [4.78, 5) is 30.0. The van der Waals surface area contributed by atoms with E-state index in [1.54, 1.807) is 40.3 Å². The van der Waals surface area contributed by atoms with Crippen molar-refractivity contribution in [3.8, 4) is 11.4 Å². The van der Waals surface area contributed by atoms with Gasteiger partial charge in [0, 0.05) is 9.35 Å². The topological polar surface area (TPSA) is 78.5 Å². The summed E-state index contributed by atoms with van der Waals surface area (Å²) in [5.41, 5.74) is 2.56. The summed E-state index contributed by atoms with van der Waals surface area (Å²) in [6.07, 6.45) is 7.15. The molecule has 4 heterocycles. The van der Waals surface area contributed by atoms with Crippen LogP contribution in [0.2, 0.25) is 0 Å². The van der Waals surface area contributed by atoms with Crippen LogP contribution < -0.4 is 5.56 Å². The molecule has 0 bridgehead atoms. The number of aromatic nitrogens is 6. The molecule has 6 aromatic rings. The fourth-order valence-corrected chi connectivity index (χ4v) is 7.38. The lowest BCUT2D eigenvalue weighted by Crippen LogP contribution is -2.22. The van der Waals surface area contributed by atoms with E-state index in [0.717, 1.165) is 51.6 Å². The third-order valence-corrected chi connectivity index (χ3v) is 9.33. The predicted molar refractivity (Wildman–Crippen MR) is 150 cm³/mol. The minimum atomic E-state index is -0.400. The van der Waals surface area contributed by atoms with Crippen LogP contribution in [-0.2, 0) is 12.8 Å². The average molecular weight is 606 g/mol. The van der Waals surface area contributed by atoms with E-state index in [0.29, 0.717) is 26.9 Å². The molecule has 0 N–H and O–H groups in total. The van der Waals surface area contributed by atoms with Crippen molar-refractivity contribution < 1.29 is 4.39 Å². The Morgan fingerprint density at radius 3 is 2.68 bits per heavy atom. The van der Waals surface area contributed by atoms with Crippen LogP contribution in [-0.4, -0.2) is 29.3 Å². The fraction of sp³-hybridized carbons (Fsp3) is 0.148. The number of benzene rings is 2. The number of aryl methyl sites for hydroxylation is 2. The molecular weight excluding hydrogens is 587 g/mol. The largest absolute Gasteiger partial charge is 0.268 e. The Balaban J connectivity index is 1.42. The summed E-state index contributed by atoms with van der Waals surface area (Å²) in [7, 11) is 0. The zero-order chi connectivity index (χ0) is 25.8. The van der Waals surface area contributed by atoms with E-state index in [2.05, 4.69) is 31.0 Å². The van der Waals surface area contributed by atoms with Crippen molar-refractivity contribution in [1.29, 1.82) is 0 Å². The van der Waals surface area contributed by atoms with Crippen LogP contribution in [0.25, 0.3) is 32.6 Å². The Morgan fingerprint density at radius 1 is 1.03 bits per heavy atom. The molecule has 7 rings (SSSR count). The maximum Gasteiger partial charge on any atom is 0.267 e. The molecule has 0 atom stereocenters. The maximum absolute atomic E-state index is 14.5. The predicted octanol–water partition coefficient (Wildman–Crippen LogP) is 6.51. The first-order valence-corrected chi connectivity index (χ1v) is 14.5. The van der Waals surface area contributed by atoms with Gasteiger partial charge in [-0.3, -0.25) is 9.36 Å². The molecule has 0 aliphatic heterocycles. The van der Waals surface area contributed by atoms with Crippen molar-refractivity contribution in [1.82, 2.24) is 29.3 Å². The highest BCUT2D eigenvalue weighted by atomic mass is 79.9. The summed E-state index contributed by atoms with van der Waals surface area (Å²) in [6.45, 7) is 0. The first-order valence-electron chi connectivity index (χ1n) is 12.0. The van der Waals surface area contributed by atoms with Crippen LogP contribution in [0.3, 0.4) is 0 Å².